The van der Waals surface area contributed by atoms with Crippen LogP contribution in [-0.4, -0.2) is 52.4 Å². The van der Waals surface area contributed by atoms with Crippen LogP contribution in [0.1, 0.15) is 45.0 Å². The highest BCUT2D eigenvalue weighted by Crippen LogP contribution is 2.28. The Morgan fingerprint density at radius 2 is 1.89 bits per heavy atom. The van der Waals surface area contributed by atoms with Crippen molar-refractivity contribution in [2.24, 2.45) is 0 Å². The van der Waals surface area contributed by atoms with E-state index in [1.807, 2.05) is 35.2 Å². The second kappa shape index (κ2) is 9.06. The van der Waals surface area contributed by atoms with Crippen LogP contribution in [0.5, 0.6) is 0 Å². The average molecular weight is 385 g/mol. The van der Waals surface area contributed by atoms with Gasteiger partial charge in [-0.2, -0.15) is 0 Å². The first-order valence-electron chi connectivity index (χ1n) is 9.04. The highest BCUT2D eigenvalue weighted by atomic mass is 32.2. The highest BCUT2D eigenvalue weighted by Gasteiger charge is 2.26. The van der Waals surface area contributed by atoms with E-state index in [-0.39, 0.29) is 24.0 Å². The van der Waals surface area contributed by atoms with Crippen LogP contribution in [0.15, 0.2) is 53.4 Å². The number of carbonyl (C=O) groups excluding carboxylic acids is 1. The normalized spacial score (nSPS) is 16.9. The van der Waals surface area contributed by atoms with Crippen molar-refractivity contribution in [2.75, 3.05) is 25.4 Å². The van der Waals surface area contributed by atoms with Crippen molar-refractivity contribution in [3.05, 3.63) is 65.2 Å². The van der Waals surface area contributed by atoms with Crippen LogP contribution in [-0.2, 0) is 0 Å². The van der Waals surface area contributed by atoms with E-state index < -0.39 is 5.97 Å². The maximum Gasteiger partial charge on any atom is 0.335 e. The summed E-state index contributed by atoms with van der Waals surface area (Å²) in [7, 11) is 0. The number of benzene rings is 2. The topological polar surface area (TPSA) is 77.8 Å². The summed E-state index contributed by atoms with van der Waals surface area (Å²) in [5.74, 6) is -0.134. The number of hydrogen-bond donors (Lipinski definition) is 2. The first-order chi connectivity index (χ1) is 13.1. The molecule has 0 radical (unpaired) electrons. The summed E-state index contributed by atoms with van der Waals surface area (Å²) in [6.07, 6.45) is 1.85. The number of thioether (sulfide) groups is 1. The van der Waals surface area contributed by atoms with E-state index in [0.717, 1.165) is 29.8 Å². The number of aromatic carboxylic acids is 1. The van der Waals surface area contributed by atoms with Crippen molar-refractivity contribution >= 4 is 23.6 Å². The number of aliphatic hydroxyl groups is 1. The molecule has 1 saturated heterocycles. The Balaban J connectivity index is 1.69. The van der Waals surface area contributed by atoms with Crippen molar-refractivity contribution in [2.45, 2.75) is 23.7 Å². The van der Waals surface area contributed by atoms with E-state index >= 15 is 0 Å². The van der Waals surface area contributed by atoms with Gasteiger partial charge in [-0.25, -0.2) is 4.79 Å². The smallest absolute Gasteiger partial charge is 0.335 e. The number of rotatable bonds is 6. The van der Waals surface area contributed by atoms with Gasteiger partial charge in [-0.1, -0.05) is 12.1 Å². The summed E-state index contributed by atoms with van der Waals surface area (Å²) in [4.78, 5) is 27.0. The molecule has 0 spiro atoms. The predicted molar refractivity (Wildman–Crippen MR) is 106 cm³/mol. The number of carboxylic acid groups (broad SMARTS) is 1. The van der Waals surface area contributed by atoms with Crippen molar-refractivity contribution in [3.8, 4) is 0 Å². The number of carboxylic acids is 1. The summed E-state index contributed by atoms with van der Waals surface area (Å²) < 4.78 is 0. The van der Waals surface area contributed by atoms with Crippen LogP contribution in [0, 0.1) is 0 Å². The second-order valence-corrected chi connectivity index (χ2v) is 7.79. The van der Waals surface area contributed by atoms with Gasteiger partial charge in [-0.05, 0) is 54.8 Å². The molecule has 1 aliphatic rings. The number of hydrogen-bond acceptors (Lipinski definition) is 4. The molecule has 142 valence electrons. The minimum Gasteiger partial charge on any atom is -0.478 e. The minimum atomic E-state index is -0.931. The Hall–Kier alpha value is -2.31. The molecule has 2 aromatic carbocycles. The molecule has 0 saturated carbocycles. The third-order valence-corrected chi connectivity index (χ3v) is 5.77. The number of piperidine rings is 1. The third-order valence-electron chi connectivity index (χ3n) is 4.77. The lowest BCUT2D eigenvalue weighted by Crippen LogP contribution is -2.39. The number of nitrogens with zero attached hydrogens (tertiary/aromatic N) is 1. The fourth-order valence-electron chi connectivity index (χ4n) is 3.40. The molecule has 3 rings (SSSR count). The summed E-state index contributed by atoms with van der Waals surface area (Å²) in [5.41, 5.74) is 1.92. The number of likely N-dealkylation sites (tertiary alicyclic amines) is 1. The molecule has 6 heteroatoms. The van der Waals surface area contributed by atoms with Crippen LogP contribution in [0.2, 0.25) is 0 Å². The van der Waals surface area contributed by atoms with E-state index in [1.165, 1.54) is 0 Å². The first-order valence-corrected chi connectivity index (χ1v) is 10.0. The number of aliphatic hydroxyl groups excluding tert-OH is 1. The van der Waals surface area contributed by atoms with Crippen LogP contribution >= 0.6 is 11.8 Å². The Morgan fingerprint density at radius 1 is 1.11 bits per heavy atom. The Bertz CT molecular complexity index is 806. The third kappa shape index (κ3) is 4.90. The molecule has 1 fully saturated rings. The van der Waals surface area contributed by atoms with Crippen molar-refractivity contribution in [1.29, 1.82) is 0 Å². The Kier molecular flexibility index (Phi) is 6.53. The Morgan fingerprint density at radius 3 is 2.59 bits per heavy atom. The number of carbonyl (C=O) groups is 2. The molecule has 0 unspecified atom stereocenters. The fraction of sp³-hybridized carbons (Fsp3) is 0.333. The zero-order valence-electron chi connectivity index (χ0n) is 15.0. The Labute approximate surface area is 163 Å². The van der Waals surface area contributed by atoms with Crippen LogP contribution in [0.25, 0.3) is 0 Å². The van der Waals surface area contributed by atoms with Gasteiger partial charge in [0, 0.05) is 35.2 Å². The molecule has 1 atom stereocenters. The molecule has 27 heavy (non-hydrogen) atoms. The molecule has 0 aliphatic carbocycles. The average Bonchev–Trinajstić information content (AvgIpc) is 2.72. The lowest BCUT2D eigenvalue weighted by molar-refractivity contribution is 0.0688. The van der Waals surface area contributed by atoms with Crippen molar-refractivity contribution in [1.82, 2.24) is 4.90 Å². The van der Waals surface area contributed by atoms with E-state index in [4.69, 9.17) is 5.11 Å². The minimum absolute atomic E-state index is 0.00722. The zero-order chi connectivity index (χ0) is 19.2. The van der Waals surface area contributed by atoms with E-state index in [9.17, 15) is 14.7 Å². The van der Waals surface area contributed by atoms with Gasteiger partial charge in [0.05, 0.1) is 12.2 Å². The molecule has 0 aromatic heterocycles. The molecule has 1 heterocycles. The monoisotopic (exact) mass is 385 g/mol. The summed E-state index contributed by atoms with van der Waals surface area (Å²) in [6.45, 7) is 1.45. The summed E-state index contributed by atoms with van der Waals surface area (Å²) >= 11 is 1.55. The molecule has 0 bridgehead atoms. The van der Waals surface area contributed by atoms with Gasteiger partial charge in [0.2, 0.25) is 0 Å². The van der Waals surface area contributed by atoms with Gasteiger partial charge in [0.25, 0.3) is 5.91 Å². The van der Waals surface area contributed by atoms with E-state index in [2.05, 4.69) is 0 Å². The molecule has 2 N–H and O–H groups in total. The predicted octanol–water partition coefficient (Wildman–Crippen LogP) is 3.49. The van der Waals surface area contributed by atoms with Gasteiger partial charge >= 0.3 is 5.97 Å². The maximum atomic E-state index is 12.9. The zero-order valence-corrected chi connectivity index (χ0v) is 15.8. The molecule has 1 aliphatic heterocycles. The molecule has 1 amide bonds. The van der Waals surface area contributed by atoms with Gasteiger partial charge in [0.15, 0.2) is 0 Å². The van der Waals surface area contributed by atoms with Crippen molar-refractivity contribution < 1.29 is 19.8 Å². The quantitative estimate of drug-likeness (QED) is 0.745. The van der Waals surface area contributed by atoms with Crippen LogP contribution in [0.3, 0.4) is 0 Å². The van der Waals surface area contributed by atoms with Crippen LogP contribution < -0.4 is 0 Å². The maximum absolute atomic E-state index is 12.9. The SMILES string of the molecule is O=C(O)c1cccc([C@@H]2CCCN(C(=O)c3ccc(SCCO)cc3)C2)c1. The van der Waals surface area contributed by atoms with Gasteiger partial charge in [0.1, 0.15) is 0 Å². The van der Waals surface area contributed by atoms with Crippen LogP contribution in [0.4, 0.5) is 0 Å². The standard InChI is InChI=1S/C21H23NO4S/c23-11-12-27-19-8-6-15(7-9-19)20(24)22-10-2-5-18(14-22)16-3-1-4-17(13-16)21(25)26/h1,3-4,6-9,13,18,23H,2,5,10-12,14H2,(H,25,26)/t18-/m1/s1. The first kappa shape index (κ1) is 19.5. The number of amides is 1. The molecular formula is C21H23NO4S. The molecule has 2 aromatic rings. The lowest BCUT2D eigenvalue weighted by atomic mass is 9.89. The molecular weight excluding hydrogens is 362 g/mol. The highest BCUT2D eigenvalue weighted by molar-refractivity contribution is 7.99. The van der Waals surface area contributed by atoms with E-state index in [1.54, 1.807) is 30.0 Å². The van der Waals surface area contributed by atoms with Gasteiger partial charge < -0.3 is 15.1 Å². The van der Waals surface area contributed by atoms with Crippen molar-refractivity contribution in [3.63, 3.8) is 0 Å². The van der Waals surface area contributed by atoms with E-state index in [0.29, 0.717) is 17.9 Å². The van der Waals surface area contributed by atoms with Gasteiger partial charge in [-0.15, -0.1) is 11.8 Å². The molecule has 5 nitrogen and oxygen atoms in total. The lowest BCUT2D eigenvalue weighted by Gasteiger charge is -2.33. The largest absolute Gasteiger partial charge is 0.478 e. The fourth-order valence-corrected chi connectivity index (χ4v) is 4.05. The summed E-state index contributed by atoms with van der Waals surface area (Å²) in [5, 5.41) is 18.1. The van der Waals surface area contributed by atoms with Gasteiger partial charge in [-0.3, -0.25) is 4.79 Å². The second-order valence-electron chi connectivity index (χ2n) is 6.62. The summed E-state index contributed by atoms with van der Waals surface area (Å²) in [6, 6.07) is 14.5.